The van der Waals surface area contributed by atoms with Crippen molar-refractivity contribution in [2.45, 2.75) is 25.3 Å². The van der Waals surface area contributed by atoms with Crippen LogP contribution in [0.2, 0.25) is 0 Å². The van der Waals surface area contributed by atoms with E-state index in [1.807, 2.05) is 6.92 Å². The van der Waals surface area contributed by atoms with E-state index in [0.29, 0.717) is 11.5 Å². The van der Waals surface area contributed by atoms with Crippen LogP contribution >= 0.6 is 24.8 Å². The van der Waals surface area contributed by atoms with E-state index in [1.54, 1.807) is 0 Å². The van der Waals surface area contributed by atoms with Crippen molar-refractivity contribution in [1.82, 2.24) is 0 Å². The van der Waals surface area contributed by atoms with Gasteiger partial charge in [-0.1, -0.05) is 0 Å². The minimum atomic E-state index is -2.23. The van der Waals surface area contributed by atoms with Gasteiger partial charge in [-0.3, -0.25) is 4.78 Å². The van der Waals surface area contributed by atoms with E-state index in [2.05, 4.69) is 0 Å². The van der Waals surface area contributed by atoms with E-state index in [-0.39, 0.29) is 30.4 Å². The van der Waals surface area contributed by atoms with Crippen LogP contribution in [0.1, 0.15) is 19.8 Å². The molecule has 0 amide bonds. The molecule has 0 aromatic carbocycles. The molecule has 1 fully saturated rings. The first kappa shape index (κ1) is 15.0. The maximum atomic E-state index is 11.1. The Labute approximate surface area is 86.3 Å². The lowest BCUT2D eigenvalue weighted by atomic mass is 9.97. The van der Waals surface area contributed by atoms with Gasteiger partial charge >= 0.3 is 0 Å². The second-order valence-corrected chi connectivity index (χ2v) is 5.81. The van der Waals surface area contributed by atoms with Gasteiger partial charge in [-0.05, 0) is 19.8 Å². The molecule has 0 spiro atoms. The Morgan fingerprint density at radius 1 is 1.33 bits per heavy atom. The molecule has 1 aliphatic rings. The molecule has 3 nitrogen and oxygen atoms in total. The van der Waals surface area contributed by atoms with Crippen molar-refractivity contribution in [2.75, 3.05) is 11.5 Å². The molecule has 1 saturated heterocycles. The van der Waals surface area contributed by atoms with Gasteiger partial charge in [0.15, 0.2) is 0 Å². The predicted octanol–water partition coefficient (Wildman–Crippen LogP) is 1.39. The monoisotopic (exact) mass is 234 g/mol. The van der Waals surface area contributed by atoms with Crippen molar-refractivity contribution in [3.8, 4) is 0 Å². The first-order valence-electron chi connectivity index (χ1n) is 3.44. The fraction of sp³-hybridized carbons (Fsp3) is 1.00. The summed E-state index contributed by atoms with van der Waals surface area (Å²) in [6.07, 6.45) is 1.46. The Morgan fingerprint density at radius 3 is 1.92 bits per heavy atom. The number of rotatable bonds is 0. The highest BCUT2D eigenvalue weighted by Gasteiger charge is 2.27. The van der Waals surface area contributed by atoms with E-state index < -0.39 is 9.73 Å². The molecule has 0 aromatic rings. The van der Waals surface area contributed by atoms with Gasteiger partial charge in [0.25, 0.3) is 0 Å². The van der Waals surface area contributed by atoms with Gasteiger partial charge < -0.3 is 5.73 Å². The Hall–Kier alpha value is 0.490. The molecule has 1 aliphatic heterocycles. The van der Waals surface area contributed by atoms with Crippen molar-refractivity contribution in [3.63, 3.8) is 0 Å². The van der Waals surface area contributed by atoms with Crippen molar-refractivity contribution in [1.29, 1.82) is 4.78 Å². The number of hydrogen-bond donors (Lipinski definition) is 2. The fourth-order valence-corrected chi connectivity index (χ4v) is 2.82. The molecule has 12 heavy (non-hydrogen) atoms. The highest BCUT2D eigenvalue weighted by molar-refractivity contribution is 7.92. The zero-order valence-electron chi connectivity index (χ0n) is 7.04. The zero-order valence-corrected chi connectivity index (χ0v) is 9.49. The molecule has 0 radical (unpaired) electrons. The maximum Gasteiger partial charge on any atom is 0.0442 e. The van der Waals surface area contributed by atoms with Crippen molar-refractivity contribution < 1.29 is 4.21 Å². The molecule has 1 heterocycles. The Morgan fingerprint density at radius 2 is 1.67 bits per heavy atom. The molecule has 6 heteroatoms. The molecule has 0 aliphatic carbocycles. The number of halogens is 2. The van der Waals surface area contributed by atoms with Crippen molar-refractivity contribution in [3.05, 3.63) is 0 Å². The summed E-state index contributed by atoms with van der Waals surface area (Å²) in [7, 11) is -2.23. The topological polar surface area (TPSA) is 66.9 Å². The van der Waals surface area contributed by atoms with Crippen LogP contribution in [0.5, 0.6) is 0 Å². The molecular formula is C6H16Cl2N2OS. The van der Waals surface area contributed by atoms with Crippen LogP contribution in [0.15, 0.2) is 0 Å². The average Bonchev–Trinajstić information content (AvgIpc) is 1.79. The summed E-state index contributed by atoms with van der Waals surface area (Å²) in [5, 5.41) is 0. The summed E-state index contributed by atoms with van der Waals surface area (Å²) in [6.45, 7) is 1.96. The molecule has 0 bridgehead atoms. The van der Waals surface area contributed by atoms with E-state index in [9.17, 15) is 4.21 Å². The second kappa shape index (κ2) is 4.65. The lowest BCUT2D eigenvalue weighted by molar-refractivity contribution is 0.426. The second-order valence-electron chi connectivity index (χ2n) is 3.37. The number of nitrogens with two attached hydrogens (primary N) is 1. The largest absolute Gasteiger partial charge is 0.325 e. The van der Waals surface area contributed by atoms with Gasteiger partial charge in [0, 0.05) is 26.8 Å². The van der Waals surface area contributed by atoms with Gasteiger partial charge in [0.05, 0.1) is 0 Å². The van der Waals surface area contributed by atoms with Crippen LogP contribution in [-0.4, -0.2) is 21.3 Å². The summed E-state index contributed by atoms with van der Waals surface area (Å²) in [4.78, 5) is 0. The maximum absolute atomic E-state index is 11.1. The van der Waals surface area contributed by atoms with E-state index in [0.717, 1.165) is 12.8 Å². The first-order valence-corrected chi connectivity index (χ1v) is 5.34. The summed E-state index contributed by atoms with van der Waals surface area (Å²) < 4.78 is 18.4. The van der Waals surface area contributed by atoms with E-state index >= 15 is 0 Å². The highest BCUT2D eigenvalue weighted by Crippen LogP contribution is 2.20. The molecule has 0 atom stereocenters. The predicted molar refractivity (Wildman–Crippen MR) is 56.9 cm³/mol. The van der Waals surface area contributed by atoms with Crippen LogP contribution in [0.4, 0.5) is 0 Å². The van der Waals surface area contributed by atoms with Crippen LogP contribution in [0.3, 0.4) is 0 Å². The summed E-state index contributed by atoms with van der Waals surface area (Å²) >= 11 is 0. The van der Waals surface area contributed by atoms with Crippen LogP contribution in [0, 0.1) is 4.78 Å². The Bertz CT molecular complexity index is 210. The SMILES string of the molecule is CC1(N)CCS(=N)(=O)CC1.Cl.Cl. The summed E-state index contributed by atoms with van der Waals surface area (Å²) in [6, 6.07) is 0. The normalized spacial score (nSPS) is 40.8. The first-order chi connectivity index (χ1) is 4.41. The molecule has 0 saturated carbocycles. The smallest absolute Gasteiger partial charge is 0.0442 e. The Balaban J connectivity index is 0. The van der Waals surface area contributed by atoms with Gasteiger partial charge in [0.2, 0.25) is 0 Å². The third kappa shape index (κ3) is 4.50. The molecule has 0 unspecified atom stereocenters. The van der Waals surface area contributed by atoms with E-state index in [1.165, 1.54) is 0 Å². The van der Waals surface area contributed by atoms with Crippen molar-refractivity contribution >= 4 is 34.5 Å². The quantitative estimate of drug-likeness (QED) is 0.666. The third-order valence-corrected chi connectivity index (χ3v) is 3.73. The number of nitrogens with one attached hydrogen (secondary N) is 1. The van der Waals surface area contributed by atoms with Crippen LogP contribution < -0.4 is 5.73 Å². The standard InChI is InChI=1S/C6H14N2OS.2ClH/c1-6(7)2-4-10(8,9)5-3-6;;/h8H,2-5,7H2,1H3;2*1H. The average molecular weight is 235 g/mol. The molecule has 1 rings (SSSR count). The van der Waals surface area contributed by atoms with E-state index in [4.69, 9.17) is 10.5 Å². The summed E-state index contributed by atoms with van der Waals surface area (Å²) in [5.41, 5.74) is 5.63. The molecule has 76 valence electrons. The van der Waals surface area contributed by atoms with Gasteiger partial charge in [0.1, 0.15) is 0 Å². The lowest BCUT2D eigenvalue weighted by Crippen LogP contribution is -2.43. The minimum Gasteiger partial charge on any atom is -0.325 e. The van der Waals surface area contributed by atoms with Gasteiger partial charge in [-0.2, -0.15) is 0 Å². The van der Waals surface area contributed by atoms with Crippen LogP contribution in [-0.2, 0) is 9.73 Å². The van der Waals surface area contributed by atoms with Gasteiger partial charge in [-0.15, -0.1) is 24.8 Å². The van der Waals surface area contributed by atoms with Crippen molar-refractivity contribution in [2.24, 2.45) is 5.73 Å². The van der Waals surface area contributed by atoms with Gasteiger partial charge in [-0.25, -0.2) is 4.21 Å². The van der Waals surface area contributed by atoms with Crippen LogP contribution in [0.25, 0.3) is 0 Å². The molecular weight excluding hydrogens is 219 g/mol. The molecule has 3 N–H and O–H groups in total. The highest BCUT2D eigenvalue weighted by atomic mass is 35.5. The third-order valence-electron chi connectivity index (χ3n) is 2.01. The minimum absolute atomic E-state index is 0. The zero-order chi connectivity index (χ0) is 7.83. The fourth-order valence-electron chi connectivity index (χ4n) is 1.02. The molecule has 0 aromatic heterocycles. The number of hydrogen-bond acceptors (Lipinski definition) is 3. The Kier molecular flexibility index (Phi) is 5.81. The summed E-state index contributed by atoms with van der Waals surface area (Å²) in [5.74, 6) is 0.972. The lowest BCUT2D eigenvalue weighted by Gasteiger charge is -2.29.